The minimum Gasteiger partial charge on any atom is -0.383 e. The summed E-state index contributed by atoms with van der Waals surface area (Å²) in [6.45, 7) is 8.55. The SMILES string of the molecule is COCCN1CCN(Cc2cccnc2)CC1C. The number of pyridine rings is 1. The summed E-state index contributed by atoms with van der Waals surface area (Å²) in [6, 6.07) is 4.76. The Hall–Kier alpha value is -0.970. The van der Waals surface area contributed by atoms with E-state index in [0.717, 1.165) is 39.3 Å². The highest BCUT2D eigenvalue weighted by Gasteiger charge is 2.22. The van der Waals surface area contributed by atoms with Gasteiger partial charge in [0.15, 0.2) is 0 Å². The van der Waals surface area contributed by atoms with E-state index in [9.17, 15) is 0 Å². The summed E-state index contributed by atoms with van der Waals surface area (Å²) in [6.07, 6.45) is 3.79. The third-order valence-corrected chi connectivity index (χ3v) is 3.56. The zero-order valence-electron chi connectivity index (χ0n) is 11.4. The van der Waals surface area contributed by atoms with Crippen LogP contribution in [0.3, 0.4) is 0 Å². The van der Waals surface area contributed by atoms with Crippen LogP contribution < -0.4 is 0 Å². The maximum absolute atomic E-state index is 5.15. The molecule has 1 aromatic heterocycles. The van der Waals surface area contributed by atoms with E-state index in [0.29, 0.717) is 6.04 Å². The smallest absolute Gasteiger partial charge is 0.0589 e. The van der Waals surface area contributed by atoms with Gasteiger partial charge in [0.1, 0.15) is 0 Å². The number of methoxy groups -OCH3 is 1. The van der Waals surface area contributed by atoms with Crippen molar-refractivity contribution in [3.8, 4) is 0 Å². The molecule has 1 saturated heterocycles. The van der Waals surface area contributed by atoms with Crippen molar-refractivity contribution in [3.63, 3.8) is 0 Å². The lowest BCUT2D eigenvalue weighted by Crippen LogP contribution is -2.52. The maximum atomic E-state index is 5.15. The quantitative estimate of drug-likeness (QED) is 0.785. The highest BCUT2D eigenvalue weighted by atomic mass is 16.5. The van der Waals surface area contributed by atoms with Gasteiger partial charge < -0.3 is 4.74 Å². The minimum absolute atomic E-state index is 0.602. The van der Waals surface area contributed by atoms with Crippen LogP contribution in [0.15, 0.2) is 24.5 Å². The van der Waals surface area contributed by atoms with Crippen molar-refractivity contribution >= 4 is 0 Å². The van der Waals surface area contributed by atoms with E-state index in [-0.39, 0.29) is 0 Å². The van der Waals surface area contributed by atoms with Gasteiger partial charge in [0.05, 0.1) is 6.61 Å². The number of hydrogen-bond acceptors (Lipinski definition) is 4. The van der Waals surface area contributed by atoms with Gasteiger partial charge in [-0.1, -0.05) is 6.07 Å². The molecule has 0 N–H and O–H groups in total. The van der Waals surface area contributed by atoms with Crippen molar-refractivity contribution in [1.29, 1.82) is 0 Å². The molecule has 0 bridgehead atoms. The first-order chi connectivity index (χ1) is 8.79. The first-order valence-electron chi connectivity index (χ1n) is 6.64. The molecule has 0 saturated carbocycles. The number of piperazine rings is 1. The summed E-state index contributed by atoms with van der Waals surface area (Å²) >= 11 is 0. The Bertz CT molecular complexity index is 344. The van der Waals surface area contributed by atoms with Crippen LogP contribution in [0.5, 0.6) is 0 Å². The summed E-state index contributed by atoms with van der Waals surface area (Å²) in [4.78, 5) is 9.18. The van der Waals surface area contributed by atoms with Gasteiger partial charge in [-0.3, -0.25) is 14.8 Å². The van der Waals surface area contributed by atoms with E-state index < -0.39 is 0 Å². The average molecular weight is 249 g/mol. The maximum Gasteiger partial charge on any atom is 0.0589 e. The first kappa shape index (κ1) is 13.5. The largest absolute Gasteiger partial charge is 0.383 e. The fourth-order valence-electron chi connectivity index (χ4n) is 2.50. The van der Waals surface area contributed by atoms with E-state index in [1.54, 1.807) is 7.11 Å². The number of hydrogen-bond donors (Lipinski definition) is 0. The van der Waals surface area contributed by atoms with Crippen molar-refractivity contribution in [1.82, 2.24) is 14.8 Å². The highest BCUT2D eigenvalue weighted by Crippen LogP contribution is 2.12. The van der Waals surface area contributed by atoms with Crippen LogP contribution in [0.1, 0.15) is 12.5 Å². The van der Waals surface area contributed by atoms with E-state index in [4.69, 9.17) is 4.74 Å². The second-order valence-corrected chi connectivity index (χ2v) is 4.97. The summed E-state index contributed by atoms with van der Waals surface area (Å²) in [7, 11) is 1.77. The van der Waals surface area contributed by atoms with Gasteiger partial charge in [0.2, 0.25) is 0 Å². The summed E-state index contributed by atoms with van der Waals surface area (Å²) < 4.78 is 5.15. The van der Waals surface area contributed by atoms with Crippen LogP contribution in [0.4, 0.5) is 0 Å². The standard InChI is InChI=1S/C14H23N3O/c1-13-11-16(6-7-17(13)8-9-18-2)12-14-4-3-5-15-10-14/h3-5,10,13H,6-9,11-12H2,1-2H3. The molecule has 100 valence electrons. The Balaban J connectivity index is 1.81. The fraction of sp³-hybridized carbons (Fsp3) is 0.643. The Morgan fingerprint density at radius 3 is 3.00 bits per heavy atom. The second-order valence-electron chi connectivity index (χ2n) is 4.97. The molecular weight excluding hydrogens is 226 g/mol. The summed E-state index contributed by atoms with van der Waals surface area (Å²) in [5.41, 5.74) is 1.30. The van der Waals surface area contributed by atoms with E-state index in [1.165, 1.54) is 5.56 Å². The lowest BCUT2D eigenvalue weighted by Gasteiger charge is -2.39. The molecule has 0 aliphatic carbocycles. The molecule has 0 radical (unpaired) electrons. The van der Waals surface area contributed by atoms with Gasteiger partial charge in [-0.15, -0.1) is 0 Å². The van der Waals surface area contributed by atoms with E-state index in [2.05, 4.69) is 27.8 Å². The predicted molar refractivity (Wildman–Crippen MR) is 72.4 cm³/mol. The van der Waals surface area contributed by atoms with Crippen LogP contribution in [-0.2, 0) is 11.3 Å². The van der Waals surface area contributed by atoms with Crippen molar-refractivity contribution < 1.29 is 4.74 Å². The molecule has 4 heteroatoms. The highest BCUT2D eigenvalue weighted by molar-refractivity contribution is 5.08. The topological polar surface area (TPSA) is 28.6 Å². The molecule has 2 rings (SSSR count). The molecule has 1 aromatic rings. The minimum atomic E-state index is 0.602. The van der Waals surface area contributed by atoms with Gasteiger partial charge in [-0.2, -0.15) is 0 Å². The molecule has 1 fully saturated rings. The second kappa shape index (κ2) is 6.83. The van der Waals surface area contributed by atoms with Crippen LogP contribution >= 0.6 is 0 Å². The zero-order valence-corrected chi connectivity index (χ0v) is 11.4. The van der Waals surface area contributed by atoms with Crippen molar-refractivity contribution in [3.05, 3.63) is 30.1 Å². The fourth-order valence-corrected chi connectivity index (χ4v) is 2.50. The van der Waals surface area contributed by atoms with Gasteiger partial charge in [0.25, 0.3) is 0 Å². The number of rotatable bonds is 5. The molecule has 1 aliphatic heterocycles. The first-order valence-corrected chi connectivity index (χ1v) is 6.64. The molecule has 18 heavy (non-hydrogen) atoms. The number of aromatic nitrogens is 1. The Labute approximate surface area is 110 Å². The summed E-state index contributed by atoms with van der Waals surface area (Å²) in [5.74, 6) is 0. The lowest BCUT2D eigenvalue weighted by molar-refractivity contribution is 0.0557. The molecule has 0 amide bonds. The van der Waals surface area contributed by atoms with Gasteiger partial charge >= 0.3 is 0 Å². The van der Waals surface area contributed by atoms with Gasteiger partial charge in [-0.25, -0.2) is 0 Å². The monoisotopic (exact) mass is 249 g/mol. The summed E-state index contributed by atoms with van der Waals surface area (Å²) in [5, 5.41) is 0. The van der Waals surface area contributed by atoms with E-state index >= 15 is 0 Å². The van der Waals surface area contributed by atoms with Crippen molar-refractivity contribution in [2.24, 2.45) is 0 Å². The average Bonchev–Trinajstić information content (AvgIpc) is 2.39. The normalized spacial score (nSPS) is 22.2. The molecule has 1 atom stereocenters. The number of nitrogens with zero attached hydrogens (tertiary/aromatic N) is 3. The third-order valence-electron chi connectivity index (χ3n) is 3.56. The zero-order chi connectivity index (χ0) is 12.8. The number of ether oxygens (including phenoxy) is 1. The van der Waals surface area contributed by atoms with Crippen molar-refractivity contribution in [2.75, 3.05) is 39.9 Å². The van der Waals surface area contributed by atoms with Crippen molar-refractivity contribution in [2.45, 2.75) is 19.5 Å². The molecule has 1 unspecified atom stereocenters. The molecule has 4 nitrogen and oxygen atoms in total. The van der Waals surface area contributed by atoms with Gasteiger partial charge in [-0.05, 0) is 18.6 Å². The van der Waals surface area contributed by atoms with Gasteiger partial charge in [0, 0.05) is 58.3 Å². The molecule has 0 spiro atoms. The van der Waals surface area contributed by atoms with Crippen LogP contribution in [0.25, 0.3) is 0 Å². The third kappa shape index (κ3) is 3.77. The Kier molecular flexibility index (Phi) is 5.11. The van der Waals surface area contributed by atoms with Crippen LogP contribution in [0, 0.1) is 0 Å². The van der Waals surface area contributed by atoms with Crippen LogP contribution in [0.2, 0.25) is 0 Å². The molecular formula is C14H23N3O. The molecule has 1 aliphatic rings. The molecule has 0 aromatic carbocycles. The predicted octanol–water partition coefficient (Wildman–Crippen LogP) is 1.23. The Morgan fingerprint density at radius 1 is 1.44 bits per heavy atom. The van der Waals surface area contributed by atoms with E-state index in [1.807, 2.05) is 18.5 Å². The lowest BCUT2D eigenvalue weighted by atomic mass is 10.1. The molecule has 2 heterocycles. The van der Waals surface area contributed by atoms with Crippen LogP contribution in [-0.4, -0.2) is 60.7 Å². The Morgan fingerprint density at radius 2 is 2.33 bits per heavy atom.